The largest absolute Gasteiger partial charge is 0.573 e. The van der Waals surface area contributed by atoms with E-state index >= 15 is 0 Å². The molecule has 138 valence electrons. The molecule has 1 saturated heterocycles. The smallest absolute Gasteiger partial charge is 0.508 e. The minimum Gasteiger partial charge on any atom is -0.508 e. The molecule has 2 N–H and O–H groups in total. The predicted octanol–water partition coefficient (Wildman–Crippen LogP) is 3.30. The number of benzene rings is 1. The molecule has 0 radical (unpaired) electrons. The molecule has 0 spiro atoms. The van der Waals surface area contributed by atoms with E-state index in [1.807, 2.05) is 27.7 Å². The van der Waals surface area contributed by atoms with Crippen LogP contribution in [0.4, 0.5) is 13.2 Å². The summed E-state index contributed by atoms with van der Waals surface area (Å²) in [5.41, 5.74) is -1.20. The Labute approximate surface area is 144 Å². The summed E-state index contributed by atoms with van der Waals surface area (Å²) < 4.78 is 53.2. The van der Waals surface area contributed by atoms with Crippen molar-refractivity contribution in [2.45, 2.75) is 45.3 Å². The molecule has 0 bridgehead atoms. The number of halogens is 3. The fraction of sp³-hybridized carbons (Fsp3) is 0.500. The summed E-state index contributed by atoms with van der Waals surface area (Å²) in [5, 5.41) is 19.2. The average molecular weight is 360 g/mol. The summed E-state index contributed by atoms with van der Waals surface area (Å²) in [5.74, 6) is -0.750. The first kappa shape index (κ1) is 19.6. The second-order valence-electron chi connectivity index (χ2n) is 6.74. The normalized spacial score (nSPS) is 20.0. The third-order valence-electron chi connectivity index (χ3n) is 4.30. The van der Waals surface area contributed by atoms with Crippen molar-refractivity contribution in [1.29, 1.82) is 0 Å². The quantitative estimate of drug-likeness (QED) is 0.807. The summed E-state index contributed by atoms with van der Waals surface area (Å²) in [6.45, 7) is 6.75. The fourth-order valence-electron chi connectivity index (χ4n) is 2.25. The van der Waals surface area contributed by atoms with E-state index in [0.29, 0.717) is 0 Å². The zero-order valence-electron chi connectivity index (χ0n) is 14.3. The maximum absolute atomic E-state index is 12.5. The topological polar surface area (TPSA) is 68.2 Å². The van der Waals surface area contributed by atoms with Gasteiger partial charge in [0.15, 0.2) is 0 Å². The molecule has 0 atom stereocenters. The lowest BCUT2D eigenvalue weighted by Crippen LogP contribution is -2.41. The number of aliphatic hydroxyl groups is 1. The number of hydrogen-bond donors (Lipinski definition) is 2. The first-order valence-corrected chi connectivity index (χ1v) is 7.60. The molecular formula is C16H20BF3O5. The summed E-state index contributed by atoms with van der Waals surface area (Å²) in [7, 11) is -0.934. The fourth-order valence-corrected chi connectivity index (χ4v) is 2.25. The number of phenolic OH excluding ortho intramolecular Hbond substituents is 1. The Hall–Kier alpha value is -1.71. The first-order chi connectivity index (χ1) is 11.3. The van der Waals surface area contributed by atoms with Crippen molar-refractivity contribution in [2.75, 3.05) is 6.61 Å². The standard InChI is InChI=1S/C16H20BF3O5/c1-14(2)15(3,4)25-17(24-14)11(9-21)7-10-8-12(22)5-6-13(10)23-16(18,19)20/h5-8,21-22H,9H2,1-4H3. The van der Waals surface area contributed by atoms with Crippen molar-refractivity contribution in [3.05, 3.63) is 29.2 Å². The van der Waals surface area contributed by atoms with Crippen LogP contribution in [-0.2, 0) is 9.31 Å². The van der Waals surface area contributed by atoms with Gasteiger partial charge < -0.3 is 24.3 Å². The maximum Gasteiger partial charge on any atom is 0.573 e. The number of aliphatic hydroxyl groups excluding tert-OH is 1. The lowest BCUT2D eigenvalue weighted by atomic mass is 9.77. The van der Waals surface area contributed by atoms with Gasteiger partial charge in [0.05, 0.1) is 17.8 Å². The van der Waals surface area contributed by atoms with E-state index in [9.17, 15) is 23.4 Å². The van der Waals surface area contributed by atoms with E-state index < -0.39 is 37.0 Å². The molecule has 1 aromatic rings. The molecule has 0 amide bonds. The number of hydrogen-bond acceptors (Lipinski definition) is 5. The van der Waals surface area contributed by atoms with Crippen LogP contribution in [0.2, 0.25) is 0 Å². The zero-order chi connectivity index (χ0) is 19.0. The van der Waals surface area contributed by atoms with Gasteiger partial charge in [-0.05, 0) is 51.4 Å². The molecule has 1 aliphatic rings. The molecule has 1 aromatic carbocycles. The SMILES string of the molecule is CC1(C)OB(C(=Cc2cc(O)ccc2OC(F)(F)F)CO)OC1(C)C. The van der Waals surface area contributed by atoms with E-state index in [2.05, 4.69) is 4.74 Å². The van der Waals surface area contributed by atoms with Crippen LogP contribution >= 0.6 is 0 Å². The van der Waals surface area contributed by atoms with Gasteiger partial charge in [-0.3, -0.25) is 0 Å². The molecule has 1 heterocycles. The summed E-state index contributed by atoms with van der Waals surface area (Å²) in [4.78, 5) is 0. The lowest BCUT2D eigenvalue weighted by molar-refractivity contribution is -0.274. The van der Waals surface area contributed by atoms with Crippen molar-refractivity contribution < 1.29 is 37.4 Å². The molecule has 5 nitrogen and oxygen atoms in total. The summed E-state index contributed by atoms with van der Waals surface area (Å²) in [6, 6.07) is 3.17. The molecule has 1 aliphatic heterocycles. The van der Waals surface area contributed by atoms with Crippen molar-refractivity contribution in [2.24, 2.45) is 0 Å². The average Bonchev–Trinajstić information content (AvgIpc) is 2.66. The predicted molar refractivity (Wildman–Crippen MR) is 85.9 cm³/mol. The summed E-state index contributed by atoms with van der Waals surface area (Å²) in [6.07, 6.45) is -3.63. The van der Waals surface area contributed by atoms with Crippen LogP contribution in [0.3, 0.4) is 0 Å². The molecular weight excluding hydrogens is 340 g/mol. The molecule has 0 aliphatic carbocycles. The van der Waals surface area contributed by atoms with Crippen LogP contribution in [0.1, 0.15) is 33.3 Å². The Kier molecular flexibility index (Phi) is 5.14. The number of aromatic hydroxyl groups is 1. The first-order valence-electron chi connectivity index (χ1n) is 7.60. The Balaban J connectivity index is 2.39. The van der Waals surface area contributed by atoms with Gasteiger partial charge in [0.2, 0.25) is 0 Å². The van der Waals surface area contributed by atoms with Gasteiger partial charge in [-0.15, -0.1) is 13.2 Å². The highest BCUT2D eigenvalue weighted by molar-refractivity contribution is 6.55. The Morgan fingerprint density at radius 1 is 1.20 bits per heavy atom. The van der Waals surface area contributed by atoms with Crippen LogP contribution in [0.25, 0.3) is 6.08 Å². The second-order valence-corrected chi connectivity index (χ2v) is 6.74. The zero-order valence-corrected chi connectivity index (χ0v) is 14.3. The number of phenols is 1. The van der Waals surface area contributed by atoms with Crippen molar-refractivity contribution in [3.8, 4) is 11.5 Å². The van der Waals surface area contributed by atoms with Gasteiger partial charge >= 0.3 is 13.5 Å². The number of alkyl halides is 3. The molecule has 0 unspecified atom stereocenters. The van der Waals surface area contributed by atoms with Crippen LogP contribution in [0, 0.1) is 0 Å². The van der Waals surface area contributed by atoms with Crippen molar-refractivity contribution in [3.63, 3.8) is 0 Å². The highest BCUT2D eigenvalue weighted by atomic mass is 19.4. The lowest BCUT2D eigenvalue weighted by Gasteiger charge is -2.32. The van der Waals surface area contributed by atoms with Crippen LogP contribution in [0.15, 0.2) is 23.7 Å². The van der Waals surface area contributed by atoms with E-state index in [1.165, 1.54) is 6.08 Å². The van der Waals surface area contributed by atoms with Crippen LogP contribution < -0.4 is 4.74 Å². The van der Waals surface area contributed by atoms with Gasteiger partial charge in [0, 0.05) is 5.56 Å². The molecule has 0 saturated carbocycles. The monoisotopic (exact) mass is 360 g/mol. The molecule has 9 heteroatoms. The van der Waals surface area contributed by atoms with E-state index in [4.69, 9.17) is 9.31 Å². The highest BCUT2D eigenvalue weighted by Gasteiger charge is 2.52. The van der Waals surface area contributed by atoms with Gasteiger partial charge in [-0.2, -0.15) is 0 Å². The van der Waals surface area contributed by atoms with Crippen molar-refractivity contribution in [1.82, 2.24) is 0 Å². The van der Waals surface area contributed by atoms with Gasteiger partial charge in [-0.25, -0.2) is 0 Å². The van der Waals surface area contributed by atoms with Gasteiger partial charge in [0.1, 0.15) is 11.5 Å². The molecule has 2 rings (SSSR count). The van der Waals surface area contributed by atoms with Crippen LogP contribution in [0.5, 0.6) is 11.5 Å². The highest BCUT2D eigenvalue weighted by Crippen LogP contribution is 2.39. The van der Waals surface area contributed by atoms with E-state index in [1.54, 1.807) is 0 Å². The Bertz CT molecular complexity index is 654. The van der Waals surface area contributed by atoms with E-state index in [-0.39, 0.29) is 16.8 Å². The number of rotatable bonds is 4. The third kappa shape index (κ3) is 4.48. The van der Waals surface area contributed by atoms with Crippen LogP contribution in [-0.4, -0.2) is 41.5 Å². The second kappa shape index (κ2) is 6.55. The van der Waals surface area contributed by atoms with Crippen molar-refractivity contribution >= 4 is 13.2 Å². The maximum atomic E-state index is 12.5. The number of ether oxygens (including phenoxy) is 1. The molecule has 25 heavy (non-hydrogen) atoms. The minimum atomic E-state index is -4.89. The molecule has 0 aromatic heterocycles. The third-order valence-corrected chi connectivity index (χ3v) is 4.30. The summed E-state index contributed by atoms with van der Waals surface area (Å²) >= 11 is 0. The Morgan fingerprint density at radius 3 is 2.24 bits per heavy atom. The Morgan fingerprint density at radius 2 is 1.76 bits per heavy atom. The minimum absolute atomic E-state index is 0.0592. The van der Waals surface area contributed by atoms with E-state index in [0.717, 1.165) is 18.2 Å². The van der Waals surface area contributed by atoms with Gasteiger partial charge in [0.25, 0.3) is 0 Å². The van der Waals surface area contributed by atoms with Gasteiger partial charge in [-0.1, -0.05) is 6.08 Å². The molecule has 1 fully saturated rings.